The van der Waals surface area contributed by atoms with Crippen LogP contribution in [0.2, 0.25) is 0 Å². The van der Waals surface area contributed by atoms with Crippen LogP contribution in [0.1, 0.15) is 19.8 Å². The molecule has 1 amide bonds. The molecular formula is C17H19BrN2O3. The third kappa shape index (κ3) is 5.90. The summed E-state index contributed by atoms with van der Waals surface area (Å²) in [6.45, 7) is 2.86. The van der Waals surface area contributed by atoms with Crippen LogP contribution in [0.15, 0.2) is 47.1 Å². The van der Waals surface area contributed by atoms with Crippen molar-refractivity contribution in [1.82, 2.24) is 4.98 Å². The fraction of sp³-hybridized carbons (Fsp3) is 0.294. The van der Waals surface area contributed by atoms with Crippen molar-refractivity contribution in [3.8, 4) is 11.6 Å². The molecule has 1 aromatic heterocycles. The van der Waals surface area contributed by atoms with Gasteiger partial charge in [0.1, 0.15) is 11.4 Å². The number of carbonyl (C=O) groups is 1. The number of amides is 1. The Hall–Kier alpha value is -2.08. The molecule has 0 atom stereocenters. The maximum Gasteiger partial charge on any atom is 0.237 e. The number of ether oxygens (including phenoxy) is 2. The van der Waals surface area contributed by atoms with Crippen molar-refractivity contribution in [1.29, 1.82) is 0 Å². The van der Waals surface area contributed by atoms with Crippen LogP contribution in [0.5, 0.6) is 11.6 Å². The Labute approximate surface area is 144 Å². The van der Waals surface area contributed by atoms with E-state index in [0.29, 0.717) is 37.6 Å². The maximum atomic E-state index is 12.0. The number of aromatic nitrogens is 1. The van der Waals surface area contributed by atoms with E-state index in [1.807, 2.05) is 31.2 Å². The molecule has 0 fully saturated rings. The minimum atomic E-state index is -0.0863. The lowest BCUT2D eigenvalue weighted by Crippen LogP contribution is -2.14. The molecule has 1 N–H and O–H groups in total. The number of pyridine rings is 1. The van der Waals surface area contributed by atoms with E-state index in [0.717, 1.165) is 10.2 Å². The lowest BCUT2D eigenvalue weighted by Gasteiger charge is -2.10. The van der Waals surface area contributed by atoms with Gasteiger partial charge in [-0.15, -0.1) is 0 Å². The highest BCUT2D eigenvalue weighted by molar-refractivity contribution is 9.10. The van der Waals surface area contributed by atoms with Gasteiger partial charge in [-0.2, -0.15) is 0 Å². The van der Waals surface area contributed by atoms with Crippen LogP contribution in [-0.2, 0) is 4.79 Å². The quantitative estimate of drug-likeness (QED) is 0.704. The van der Waals surface area contributed by atoms with Gasteiger partial charge in [-0.1, -0.05) is 22.0 Å². The van der Waals surface area contributed by atoms with Gasteiger partial charge in [-0.05, 0) is 43.7 Å². The summed E-state index contributed by atoms with van der Waals surface area (Å²) in [4.78, 5) is 16.1. The van der Waals surface area contributed by atoms with Gasteiger partial charge in [0.15, 0.2) is 0 Å². The summed E-state index contributed by atoms with van der Waals surface area (Å²) in [5, 5.41) is 2.81. The Morgan fingerprint density at radius 2 is 2.13 bits per heavy atom. The van der Waals surface area contributed by atoms with Gasteiger partial charge in [0.25, 0.3) is 0 Å². The first-order chi connectivity index (χ1) is 11.2. The van der Waals surface area contributed by atoms with E-state index in [2.05, 4.69) is 26.2 Å². The van der Waals surface area contributed by atoms with Crippen LogP contribution in [0, 0.1) is 0 Å². The minimum absolute atomic E-state index is 0.0863. The zero-order valence-electron chi connectivity index (χ0n) is 12.9. The molecule has 1 aromatic carbocycles. The fourth-order valence-electron chi connectivity index (χ4n) is 1.93. The monoisotopic (exact) mass is 378 g/mol. The third-order valence-electron chi connectivity index (χ3n) is 2.94. The molecule has 2 rings (SSSR count). The second-order valence-electron chi connectivity index (χ2n) is 4.75. The number of nitrogens with one attached hydrogen (secondary N) is 1. The van der Waals surface area contributed by atoms with E-state index < -0.39 is 0 Å². The molecule has 1 heterocycles. The van der Waals surface area contributed by atoms with Crippen LogP contribution in [-0.4, -0.2) is 24.1 Å². The molecule has 0 radical (unpaired) electrons. The summed E-state index contributed by atoms with van der Waals surface area (Å²) in [6, 6.07) is 11.1. The normalized spacial score (nSPS) is 10.2. The standard InChI is InChI=1S/C17H19BrN2O3/c1-2-22-17-15(8-4-10-19-17)20-16(21)9-5-11-23-14-7-3-6-13(18)12-14/h3-4,6-8,10,12H,2,5,9,11H2,1H3,(H,20,21). The van der Waals surface area contributed by atoms with E-state index in [4.69, 9.17) is 9.47 Å². The molecule has 0 unspecified atom stereocenters. The largest absolute Gasteiger partial charge is 0.494 e. The molecule has 6 heteroatoms. The molecule has 0 aliphatic heterocycles. The third-order valence-corrected chi connectivity index (χ3v) is 3.43. The van der Waals surface area contributed by atoms with Crippen molar-refractivity contribution in [2.75, 3.05) is 18.5 Å². The minimum Gasteiger partial charge on any atom is -0.494 e. The maximum absolute atomic E-state index is 12.0. The first kappa shape index (κ1) is 17.3. The zero-order chi connectivity index (χ0) is 16.5. The molecule has 2 aromatic rings. The lowest BCUT2D eigenvalue weighted by atomic mass is 10.3. The van der Waals surface area contributed by atoms with E-state index in [9.17, 15) is 4.79 Å². The van der Waals surface area contributed by atoms with E-state index in [1.54, 1.807) is 18.3 Å². The van der Waals surface area contributed by atoms with Crippen molar-refractivity contribution < 1.29 is 14.3 Å². The molecule has 0 saturated heterocycles. The molecule has 122 valence electrons. The Bertz CT molecular complexity index is 649. The number of halogens is 1. The van der Waals surface area contributed by atoms with Crippen LogP contribution in [0.3, 0.4) is 0 Å². The summed E-state index contributed by atoms with van der Waals surface area (Å²) in [5.41, 5.74) is 0.590. The summed E-state index contributed by atoms with van der Waals surface area (Å²) in [5.74, 6) is 1.14. The Morgan fingerprint density at radius 1 is 1.26 bits per heavy atom. The average molecular weight is 379 g/mol. The molecule has 5 nitrogen and oxygen atoms in total. The topological polar surface area (TPSA) is 60.5 Å². The number of anilines is 1. The number of rotatable bonds is 8. The van der Waals surface area contributed by atoms with Crippen molar-refractivity contribution >= 4 is 27.5 Å². The van der Waals surface area contributed by atoms with Gasteiger partial charge >= 0.3 is 0 Å². The van der Waals surface area contributed by atoms with Crippen LogP contribution >= 0.6 is 15.9 Å². The summed E-state index contributed by atoms with van der Waals surface area (Å²) < 4.78 is 11.9. The fourth-order valence-corrected chi connectivity index (χ4v) is 2.31. The van der Waals surface area contributed by atoms with Crippen molar-refractivity contribution in [3.63, 3.8) is 0 Å². The highest BCUT2D eigenvalue weighted by Gasteiger charge is 2.08. The van der Waals surface area contributed by atoms with E-state index in [-0.39, 0.29) is 5.91 Å². The Balaban J connectivity index is 1.75. The average Bonchev–Trinajstić information content (AvgIpc) is 2.54. The number of hydrogen-bond acceptors (Lipinski definition) is 4. The van der Waals surface area contributed by atoms with Crippen LogP contribution < -0.4 is 14.8 Å². The first-order valence-electron chi connectivity index (χ1n) is 7.45. The van der Waals surface area contributed by atoms with E-state index in [1.165, 1.54) is 0 Å². The lowest BCUT2D eigenvalue weighted by molar-refractivity contribution is -0.116. The van der Waals surface area contributed by atoms with Crippen LogP contribution in [0.4, 0.5) is 5.69 Å². The van der Waals surface area contributed by atoms with Crippen LogP contribution in [0.25, 0.3) is 0 Å². The molecule has 0 aliphatic rings. The Morgan fingerprint density at radius 3 is 2.91 bits per heavy atom. The molecule has 23 heavy (non-hydrogen) atoms. The molecule has 0 bridgehead atoms. The molecule has 0 aliphatic carbocycles. The summed E-state index contributed by atoms with van der Waals surface area (Å²) >= 11 is 3.39. The number of benzene rings is 1. The highest BCUT2D eigenvalue weighted by atomic mass is 79.9. The molecule has 0 saturated carbocycles. The van der Waals surface area contributed by atoms with Gasteiger partial charge in [0.05, 0.1) is 13.2 Å². The molecular weight excluding hydrogens is 360 g/mol. The van der Waals surface area contributed by atoms with Crippen molar-refractivity contribution in [2.24, 2.45) is 0 Å². The number of nitrogens with zero attached hydrogens (tertiary/aromatic N) is 1. The predicted octanol–water partition coefficient (Wildman–Crippen LogP) is 4.04. The summed E-state index contributed by atoms with van der Waals surface area (Å²) in [6.07, 6.45) is 2.63. The van der Waals surface area contributed by atoms with Gasteiger partial charge in [0, 0.05) is 17.1 Å². The first-order valence-corrected chi connectivity index (χ1v) is 8.24. The van der Waals surface area contributed by atoms with Gasteiger partial charge in [0.2, 0.25) is 11.8 Å². The smallest absolute Gasteiger partial charge is 0.237 e. The van der Waals surface area contributed by atoms with E-state index >= 15 is 0 Å². The second kappa shape index (κ2) is 9.15. The Kier molecular flexibility index (Phi) is 6.87. The summed E-state index contributed by atoms with van der Waals surface area (Å²) in [7, 11) is 0. The predicted molar refractivity (Wildman–Crippen MR) is 92.9 cm³/mol. The van der Waals surface area contributed by atoms with Gasteiger partial charge in [-0.3, -0.25) is 4.79 Å². The van der Waals surface area contributed by atoms with Crippen molar-refractivity contribution in [3.05, 3.63) is 47.1 Å². The van der Waals surface area contributed by atoms with Crippen molar-refractivity contribution in [2.45, 2.75) is 19.8 Å². The molecule has 0 spiro atoms. The second-order valence-corrected chi connectivity index (χ2v) is 5.66. The highest BCUT2D eigenvalue weighted by Crippen LogP contribution is 2.21. The number of carbonyl (C=O) groups excluding carboxylic acids is 1. The van der Waals surface area contributed by atoms with Gasteiger partial charge < -0.3 is 14.8 Å². The van der Waals surface area contributed by atoms with Gasteiger partial charge in [-0.25, -0.2) is 4.98 Å². The SMILES string of the molecule is CCOc1ncccc1NC(=O)CCCOc1cccc(Br)c1. The zero-order valence-corrected chi connectivity index (χ0v) is 14.5. The number of hydrogen-bond donors (Lipinski definition) is 1.